The molecule has 0 unspecified atom stereocenters. The Morgan fingerprint density at radius 1 is 1.16 bits per heavy atom. The van der Waals surface area contributed by atoms with Crippen molar-refractivity contribution in [2.45, 2.75) is 24.6 Å². The highest BCUT2D eigenvalue weighted by Gasteiger charge is 2.15. The van der Waals surface area contributed by atoms with Gasteiger partial charge in [0.05, 0.1) is 11.1 Å². The van der Waals surface area contributed by atoms with E-state index in [2.05, 4.69) is 60.7 Å². The van der Waals surface area contributed by atoms with E-state index in [9.17, 15) is 0 Å². The number of aromatic nitrogens is 3. The molecule has 0 spiro atoms. The maximum absolute atomic E-state index is 5.26. The van der Waals surface area contributed by atoms with E-state index >= 15 is 0 Å². The van der Waals surface area contributed by atoms with Crippen LogP contribution in [0.3, 0.4) is 0 Å². The van der Waals surface area contributed by atoms with Crippen LogP contribution in [0.1, 0.15) is 17.0 Å². The molecule has 7 heteroatoms. The molecule has 3 heterocycles. The fourth-order valence-electron chi connectivity index (χ4n) is 2.65. The molecule has 0 bridgehead atoms. The molecule has 4 nitrogen and oxygen atoms in total. The van der Waals surface area contributed by atoms with Crippen LogP contribution in [-0.2, 0) is 5.75 Å². The summed E-state index contributed by atoms with van der Waals surface area (Å²) in [4.78, 5) is 9.99. The van der Waals surface area contributed by atoms with Crippen LogP contribution in [0.25, 0.3) is 21.3 Å². The molecular formula is C18H14BrN3OS2. The summed E-state index contributed by atoms with van der Waals surface area (Å²) in [5.74, 6) is 1.65. The lowest BCUT2D eigenvalue weighted by Gasteiger charge is -2.05. The zero-order valence-corrected chi connectivity index (χ0v) is 16.8. The number of hydrogen-bond donors (Lipinski definition) is 0. The number of fused-ring (bicyclic) bond motifs is 1. The van der Waals surface area contributed by atoms with Crippen LogP contribution in [0.2, 0.25) is 0 Å². The molecule has 0 radical (unpaired) electrons. The van der Waals surface area contributed by atoms with Gasteiger partial charge < -0.3 is 4.52 Å². The van der Waals surface area contributed by atoms with Gasteiger partial charge in [-0.1, -0.05) is 33.2 Å². The summed E-state index contributed by atoms with van der Waals surface area (Å²) in [7, 11) is 0. The van der Waals surface area contributed by atoms with Crippen molar-refractivity contribution in [3.8, 4) is 11.1 Å². The third kappa shape index (κ3) is 3.23. The molecule has 0 N–H and O–H groups in total. The smallest absolute Gasteiger partial charge is 0.137 e. The van der Waals surface area contributed by atoms with E-state index in [1.807, 2.05) is 13.8 Å². The monoisotopic (exact) mass is 431 g/mol. The van der Waals surface area contributed by atoms with Gasteiger partial charge in [0.15, 0.2) is 0 Å². The second kappa shape index (κ2) is 6.90. The number of nitrogens with zero attached hydrogens (tertiary/aromatic N) is 3. The zero-order valence-electron chi connectivity index (χ0n) is 13.6. The molecule has 0 aliphatic rings. The summed E-state index contributed by atoms with van der Waals surface area (Å²) in [6.07, 6.45) is 1.64. The summed E-state index contributed by atoms with van der Waals surface area (Å²) in [5.41, 5.74) is 4.42. The maximum atomic E-state index is 5.26. The number of aryl methyl sites for hydroxylation is 2. The standard InChI is InChI=1S/C18H14BrN3OS2/c1-10-14(11(2)23-22-10)7-24-17-16-15(8-25-18(16)21-9-20-17)12-3-5-13(19)6-4-12/h3-6,8-9H,7H2,1-2H3. The molecule has 4 rings (SSSR count). The van der Waals surface area contributed by atoms with Crippen molar-refractivity contribution in [1.82, 2.24) is 15.1 Å². The predicted octanol–water partition coefficient (Wildman–Crippen LogP) is 6.02. The van der Waals surface area contributed by atoms with Gasteiger partial charge in [-0.2, -0.15) is 0 Å². The Bertz CT molecular complexity index is 1020. The normalized spacial score (nSPS) is 11.3. The van der Waals surface area contributed by atoms with Crippen LogP contribution >= 0.6 is 39.0 Å². The Morgan fingerprint density at radius 3 is 2.68 bits per heavy atom. The Labute approximate surface area is 161 Å². The van der Waals surface area contributed by atoms with Gasteiger partial charge in [0, 0.05) is 26.7 Å². The van der Waals surface area contributed by atoms with E-state index in [0.717, 1.165) is 42.5 Å². The highest BCUT2D eigenvalue weighted by Crippen LogP contribution is 2.39. The van der Waals surface area contributed by atoms with Crippen molar-refractivity contribution < 1.29 is 4.52 Å². The lowest BCUT2D eigenvalue weighted by Crippen LogP contribution is -1.89. The quantitative estimate of drug-likeness (QED) is 0.292. The lowest BCUT2D eigenvalue weighted by atomic mass is 10.1. The minimum absolute atomic E-state index is 0.781. The second-order valence-corrected chi connectivity index (χ2v) is 8.34. The molecule has 0 atom stereocenters. The Balaban J connectivity index is 1.74. The van der Waals surface area contributed by atoms with Gasteiger partial charge in [0.25, 0.3) is 0 Å². The van der Waals surface area contributed by atoms with E-state index in [1.165, 1.54) is 11.1 Å². The number of thiophene rings is 1. The SMILES string of the molecule is Cc1noc(C)c1CSc1ncnc2scc(-c3ccc(Br)cc3)c12. The van der Waals surface area contributed by atoms with E-state index in [1.54, 1.807) is 29.4 Å². The number of benzene rings is 1. The molecule has 25 heavy (non-hydrogen) atoms. The number of halogens is 1. The summed E-state index contributed by atoms with van der Waals surface area (Å²) < 4.78 is 6.33. The third-order valence-electron chi connectivity index (χ3n) is 4.03. The Morgan fingerprint density at radius 2 is 1.96 bits per heavy atom. The summed E-state index contributed by atoms with van der Waals surface area (Å²) >= 11 is 6.84. The van der Waals surface area contributed by atoms with Gasteiger partial charge >= 0.3 is 0 Å². The molecule has 0 saturated carbocycles. The molecule has 0 fully saturated rings. The maximum Gasteiger partial charge on any atom is 0.137 e. The van der Waals surface area contributed by atoms with Crippen LogP contribution in [-0.4, -0.2) is 15.1 Å². The van der Waals surface area contributed by atoms with Crippen molar-refractivity contribution in [3.63, 3.8) is 0 Å². The van der Waals surface area contributed by atoms with Crippen molar-refractivity contribution in [1.29, 1.82) is 0 Å². The molecule has 4 aromatic rings. The molecule has 3 aromatic heterocycles. The summed E-state index contributed by atoms with van der Waals surface area (Å²) in [6.45, 7) is 3.92. The fourth-order valence-corrected chi connectivity index (χ4v) is 5.06. The van der Waals surface area contributed by atoms with Gasteiger partial charge in [-0.15, -0.1) is 23.1 Å². The highest BCUT2D eigenvalue weighted by atomic mass is 79.9. The minimum Gasteiger partial charge on any atom is -0.361 e. The molecule has 0 aliphatic carbocycles. The second-order valence-electron chi connectivity index (χ2n) is 5.61. The van der Waals surface area contributed by atoms with Crippen LogP contribution < -0.4 is 0 Å². The van der Waals surface area contributed by atoms with Gasteiger partial charge in [0.1, 0.15) is 21.9 Å². The zero-order chi connectivity index (χ0) is 17.4. The van der Waals surface area contributed by atoms with Crippen molar-refractivity contribution in [3.05, 3.63) is 57.5 Å². The van der Waals surface area contributed by atoms with Crippen LogP contribution in [0, 0.1) is 13.8 Å². The fraction of sp³-hybridized carbons (Fsp3) is 0.167. The number of hydrogen-bond acceptors (Lipinski definition) is 6. The average Bonchev–Trinajstić information content (AvgIpc) is 3.18. The molecule has 0 aliphatic heterocycles. The predicted molar refractivity (Wildman–Crippen MR) is 106 cm³/mol. The van der Waals surface area contributed by atoms with E-state index < -0.39 is 0 Å². The van der Waals surface area contributed by atoms with Gasteiger partial charge in [-0.05, 0) is 31.5 Å². The first-order valence-electron chi connectivity index (χ1n) is 7.66. The van der Waals surface area contributed by atoms with E-state index in [-0.39, 0.29) is 0 Å². The van der Waals surface area contributed by atoms with Gasteiger partial charge in [-0.3, -0.25) is 0 Å². The van der Waals surface area contributed by atoms with Gasteiger partial charge in [-0.25, -0.2) is 9.97 Å². The van der Waals surface area contributed by atoms with Crippen LogP contribution in [0.15, 0.2) is 50.0 Å². The topological polar surface area (TPSA) is 51.8 Å². The molecule has 1 aromatic carbocycles. The van der Waals surface area contributed by atoms with E-state index in [0.29, 0.717) is 0 Å². The Hall–Kier alpha value is -1.70. The average molecular weight is 432 g/mol. The molecule has 0 saturated heterocycles. The van der Waals surface area contributed by atoms with Crippen LogP contribution in [0.5, 0.6) is 0 Å². The first-order chi connectivity index (χ1) is 12.1. The largest absolute Gasteiger partial charge is 0.361 e. The molecular weight excluding hydrogens is 418 g/mol. The summed E-state index contributed by atoms with van der Waals surface area (Å²) in [5, 5.41) is 8.29. The number of thioether (sulfide) groups is 1. The van der Waals surface area contributed by atoms with Crippen molar-refractivity contribution in [2.75, 3.05) is 0 Å². The highest BCUT2D eigenvalue weighted by molar-refractivity contribution is 9.10. The first kappa shape index (κ1) is 16.8. The lowest BCUT2D eigenvalue weighted by molar-refractivity contribution is 0.392. The van der Waals surface area contributed by atoms with E-state index in [4.69, 9.17) is 4.52 Å². The minimum atomic E-state index is 0.781. The Kier molecular flexibility index (Phi) is 4.62. The third-order valence-corrected chi connectivity index (χ3v) is 6.46. The number of rotatable bonds is 4. The molecule has 0 amide bonds. The van der Waals surface area contributed by atoms with Crippen molar-refractivity contribution in [2.24, 2.45) is 0 Å². The first-order valence-corrected chi connectivity index (χ1v) is 10.3. The van der Waals surface area contributed by atoms with Crippen molar-refractivity contribution >= 4 is 49.2 Å². The molecule has 126 valence electrons. The van der Waals surface area contributed by atoms with Gasteiger partial charge in [0.2, 0.25) is 0 Å². The summed E-state index contributed by atoms with van der Waals surface area (Å²) in [6, 6.07) is 8.33. The van der Waals surface area contributed by atoms with Crippen LogP contribution in [0.4, 0.5) is 0 Å².